The van der Waals surface area contributed by atoms with Crippen LogP contribution in [0.3, 0.4) is 0 Å². The van der Waals surface area contributed by atoms with Gasteiger partial charge in [-0.25, -0.2) is 13.4 Å². The molecule has 4 aromatic rings. The van der Waals surface area contributed by atoms with Gasteiger partial charge in [-0.05, 0) is 43.2 Å². The average molecular weight is 536 g/mol. The molecule has 0 N–H and O–H groups in total. The van der Waals surface area contributed by atoms with Crippen molar-refractivity contribution in [2.75, 3.05) is 18.0 Å². The molecule has 1 unspecified atom stereocenters. The topological polar surface area (TPSA) is 88.4 Å². The van der Waals surface area contributed by atoms with Crippen molar-refractivity contribution < 1.29 is 13.2 Å². The number of halogens is 1. The van der Waals surface area contributed by atoms with Crippen LogP contribution in [0.5, 0.6) is 0 Å². The number of amides is 1. The number of hydrogen-bond donors (Lipinski definition) is 0. The van der Waals surface area contributed by atoms with Gasteiger partial charge in [-0.2, -0.15) is 9.40 Å². The monoisotopic (exact) mass is 535 g/mol. The fraction of sp³-hybridized carbons (Fsp3) is 0.318. The molecule has 0 saturated carbocycles. The highest BCUT2D eigenvalue weighted by Gasteiger charge is 2.41. The lowest BCUT2D eigenvalue weighted by Crippen LogP contribution is -2.53. The van der Waals surface area contributed by atoms with Crippen molar-refractivity contribution in [3.05, 3.63) is 59.2 Å². The molecule has 12 heteroatoms. The number of thiophene rings is 1. The predicted octanol–water partition coefficient (Wildman–Crippen LogP) is 4.48. The first kappa shape index (κ1) is 23.4. The molecular weight excluding hydrogens is 514 g/mol. The zero-order chi connectivity index (χ0) is 23.7. The fourth-order valence-electron chi connectivity index (χ4n) is 4.08. The molecule has 0 bridgehead atoms. The van der Waals surface area contributed by atoms with Gasteiger partial charge in [-0.1, -0.05) is 41.5 Å². The number of carbonyl (C=O) groups is 1. The Hall–Kier alpha value is -2.31. The first-order chi connectivity index (χ1) is 16.4. The number of fused-ring (bicyclic) bond motifs is 1. The zero-order valence-electron chi connectivity index (χ0n) is 18.1. The largest absolute Gasteiger partial charge is 0.285 e. The Morgan fingerprint density at radius 1 is 1.15 bits per heavy atom. The SMILES string of the molecule is O=C(C1CCCCN1S(=O)(=O)c1ccc(Cl)s1)N(CCn1cccn1)c1nc2ccccc2s1. The van der Waals surface area contributed by atoms with Crippen LogP contribution in [-0.4, -0.2) is 52.5 Å². The number of carbonyl (C=O) groups excluding carboxylic acids is 1. The number of piperidine rings is 1. The van der Waals surface area contributed by atoms with Crippen molar-refractivity contribution in [1.82, 2.24) is 19.1 Å². The lowest BCUT2D eigenvalue weighted by Gasteiger charge is -2.35. The molecule has 3 aromatic heterocycles. The lowest BCUT2D eigenvalue weighted by atomic mass is 10.0. The Morgan fingerprint density at radius 2 is 2.00 bits per heavy atom. The van der Waals surface area contributed by atoms with E-state index in [2.05, 4.69) is 10.1 Å². The minimum Gasteiger partial charge on any atom is -0.285 e. The number of anilines is 1. The van der Waals surface area contributed by atoms with E-state index in [1.54, 1.807) is 21.8 Å². The van der Waals surface area contributed by atoms with Crippen LogP contribution in [0.2, 0.25) is 4.34 Å². The summed E-state index contributed by atoms with van der Waals surface area (Å²) in [5.41, 5.74) is 0.806. The molecule has 1 aliphatic heterocycles. The normalized spacial score (nSPS) is 17.3. The Kier molecular flexibility index (Phi) is 6.72. The van der Waals surface area contributed by atoms with Crippen molar-refractivity contribution in [1.29, 1.82) is 0 Å². The summed E-state index contributed by atoms with van der Waals surface area (Å²) < 4.78 is 31.5. The molecule has 34 heavy (non-hydrogen) atoms. The first-order valence-corrected chi connectivity index (χ1v) is 14.3. The highest BCUT2D eigenvalue weighted by molar-refractivity contribution is 7.91. The molecule has 5 rings (SSSR count). The number of sulfonamides is 1. The Labute approximate surface area is 210 Å². The second kappa shape index (κ2) is 9.74. The maximum absolute atomic E-state index is 14.0. The van der Waals surface area contributed by atoms with Crippen LogP contribution in [0.4, 0.5) is 5.13 Å². The van der Waals surface area contributed by atoms with Gasteiger partial charge in [0.1, 0.15) is 10.3 Å². The molecule has 1 aliphatic rings. The van der Waals surface area contributed by atoms with Crippen LogP contribution >= 0.6 is 34.3 Å². The van der Waals surface area contributed by atoms with Crippen molar-refractivity contribution in [2.24, 2.45) is 0 Å². The van der Waals surface area contributed by atoms with Crippen LogP contribution in [-0.2, 0) is 21.4 Å². The molecule has 178 valence electrons. The van der Waals surface area contributed by atoms with Crippen LogP contribution in [0.1, 0.15) is 19.3 Å². The highest BCUT2D eigenvalue weighted by Crippen LogP contribution is 2.34. The van der Waals surface area contributed by atoms with Crippen LogP contribution in [0.25, 0.3) is 10.2 Å². The summed E-state index contributed by atoms with van der Waals surface area (Å²) in [7, 11) is -3.85. The number of para-hydroxylation sites is 1. The maximum Gasteiger partial charge on any atom is 0.253 e. The van der Waals surface area contributed by atoms with Gasteiger partial charge in [-0.15, -0.1) is 11.3 Å². The average Bonchev–Trinajstić information content (AvgIpc) is 3.60. The van der Waals surface area contributed by atoms with Crippen molar-refractivity contribution in [2.45, 2.75) is 36.1 Å². The van der Waals surface area contributed by atoms with E-state index in [1.165, 1.54) is 21.7 Å². The van der Waals surface area contributed by atoms with Gasteiger partial charge in [0.05, 0.1) is 21.1 Å². The summed E-state index contributed by atoms with van der Waals surface area (Å²) in [5.74, 6) is -0.267. The molecule has 1 fully saturated rings. The Balaban J connectivity index is 1.49. The highest BCUT2D eigenvalue weighted by atomic mass is 35.5. The summed E-state index contributed by atoms with van der Waals surface area (Å²) in [6, 6.07) is 11.8. The second-order valence-electron chi connectivity index (χ2n) is 7.91. The van der Waals surface area contributed by atoms with E-state index in [1.807, 2.05) is 36.5 Å². The molecule has 0 spiro atoms. The number of thiazole rings is 1. The minimum absolute atomic E-state index is 0.153. The number of nitrogens with zero attached hydrogens (tertiary/aromatic N) is 5. The zero-order valence-corrected chi connectivity index (χ0v) is 21.3. The molecule has 1 atom stereocenters. The summed E-state index contributed by atoms with van der Waals surface area (Å²) in [4.78, 5) is 20.3. The van der Waals surface area contributed by atoms with E-state index in [9.17, 15) is 13.2 Å². The van der Waals surface area contributed by atoms with Crippen molar-refractivity contribution in [3.8, 4) is 0 Å². The third-order valence-corrected chi connectivity index (χ3v) is 10.4. The lowest BCUT2D eigenvalue weighted by molar-refractivity contribution is -0.123. The number of rotatable bonds is 7. The van der Waals surface area contributed by atoms with Crippen LogP contribution in [0, 0.1) is 0 Å². The van der Waals surface area contributed by atoms with Gasteiger partial charge >= 0.3 is 0 Å². The van der Waals surface area contributed by atoms with Crippen molar-refractivity contribution >= 4 is 65.6 Å². The summed E-state index contributed by atoms with van der Waals surface area (Å²) in [6.07, 6.45) is 5.46. The molecular formula is C22H22ClN5O3S3. The van der Waals surface area contributed by atoms with Crippen molar-refractivity contribution in [3.63, 3.8) is 0 Å². The summed E-state index contributed by atoms with van der Waals surface area (Å²) in [5, 5.41) is 4.79. The number of benzene rings is 1. The molecule has 0 radical (unpaired) electrons. The minimum atomic E-state index is -3.85. The smallest absolute Gasteiger partial charge is 0.253 e. The third-order valence-electron chi connectivity index (χ3n) is 5.74. The van der Waals surface area contributed by atoms with E-state index in [0.717, 1.165) is 28.0 Å². The second-order valence-corrected chi connectivity index (χ2v) is 12.8. The Bertz CT molecular complexity index is 1370. The van der Waals surface area contributed by atoms with Crippen LogP contribution < -0.4 is 4.90 Å². The molecule has 1 amide bonds. The third kappa shape index (κ3) is 4.63. The summed E-state index contributed by atoms with van der Waals surface area (Å²) in [6.45, 7) is 1.09. The molecule has 0 aliphatic carbocycles. The fourth-order valence-corrected chi connectivity index (χ4v) is 8.34. The first-order valence-electron chi connectivity index (χ1n) is 10.8. The van der Waals surface area contributed by atoms with E-state index in [0.29, 0.717) is 41.9 Å². The molecule has 1 aromatic carbocycles. The van der Waals surface area contributed by atoms with Gasteiger partial charge < -0.3 is 0 Å². The standard InChI is InChI=1S/C22H22ClN5O3S3/c23-19-9-10-20(33-19)34(30,31)28-13-4-3-7-17(28)21(29)27(15-14-26-12-5-11-24-26)22-25-16-6-1-2-8-18(16)32-22/h1-2,5-6,8-12,17H,3-4,7,13-15H2. The van der Waals surface area contributed by atoms with Gasteiger partial charge in [0.25, 0.3) is 10.0 Å². The molecule has 1 saturated heterocycles. The predicted molar refractivity (Wildman–Crippen MR) is 135 cm³/mol. The van der Waals surface area contributed by atoms with Gasteiger partial charge in [0.2, 0.25) is 5.91 Å². The van der Waals surface area contributed by atoms with E-state index >= 15 is 0 Å². The Morgan fingerprint density at radius 3 is 2.74 bits per heavy atom. The van der Waals surface area contributed by atoms with Gasteiger partial charge in [-0.3, -0.25) is 14.4 Å². The van der Waals surface area contributed by atoms with Crippen LogP contribution in [0.15, 0.2) is 59.1 Å². The quantitative estimate of drug-likeness (QED) is 0.348. The van der Waals surface area contributed by atoms with E-state index in [4.69, 9.17) is 11.6 Å². The van der Waals surface area contributed by atoms with Gasteiger partial charge in [0, 0.05) is 25.5 Å². The van der Waals surface area contributed by atoms with Gasteiger partial charge in [0.15, 0.2) is 5.13 Å². The molecule has 4 heterocycles. The molecule has 8 nitrogen and oxygen atoms in total. The van der Waals surface area contributed by atoms with E-state index in [-0.39, 0.29) is 10.1 Å². The number of hydrogen-bond acceptors (Lipinski definition) is 7. The number of aromatic nitrogens is 3. The maximum atomic E-state index is 14.0. The summed E-state index contributed by atoms with van der Waals surface area (Å²) >= 11 is 8.44. The van der Waals surface area contributed by atoms with E-state index < -0.39 is 16.1 Å².